The monoisotopic (exact) mass is 265 g/mol. The van der Waals surface area contributed by atoms with E-state index < -0.39 is 0 Å². The van der Waals surface area contributed by atoms with E-state index in [2.05, 4.69) is 0 Å². The molecule has 102 valence electrons. The number of nitrogens with zero attached hydrogens (tertiary/aromatic N) is 1. The predicted octanol–water partition coefficient (Wildman–Crippen LogP) is 1.79. The van der Waals surface area contributed by atoms with Crippen molar-refractivity contribution < 1.29 is 18.7 Å². The van der Waals surface area contributed by atoms with E-state index in [1.165, 1.54) is 24.3 Å². The number of halogens is 1. The third kappa shape index (κ3) is 4.05. The van der Waals surface area contributed by atoms with Crippen molar-refractivity contribution in [3.8, 4) is 5.75 Å². The lowest BCUT2D eigenvalue weighted by Crippen LogP contribution is -2.39. The molecular weight excluding hydrogens is 249 g/mol. The lowest BCUT2D eigenvalue weighted by Gasteiger charge is -2.26. The molecule has 1 aromatic rings. The standard InChI is InChI=1S/C14H16FNO3/c15-11-1-3-13(4-2-11)19-10-7-14(18)16-8-5-12(17)6-9-16/h1-4H,5-10H2. The minimum Gasteiger partial charge on any atom is -0.493 e. The lowest BCUT2D eigenvalue weighted by atomic mass is 10.1. The molecule has 1 saturated heterocycles. The van der Waals surface area contributed by atoms with Crippen LogP contribution in [0.4, 0.5) is 4.39 Å². The summed E-state index contributed by atoms with van der Waals surface area (Å²) >= 11 is 0. The molecule has 0 atom stereocenters. The molecule has 1 aromatic carbocycles. The lowest BCUT2D eigenvalue weighted by molar-refractivity contribution is -0.134. The summed E-state index contributed by atoms with van der Waals surface area (Å²) in [7, 11) is 0. The molecular formula is C14H16FNO3. The Hall–Kier alpha value is -1.91. The summed E-state index contributed by atoms with van der Waals surface area (Å²) in [6, 6.07) is 5.68. The molecule has 1 fully saturated rings. The Labute approximate surface area is 111 Å². The van der Waals surface area contributed by atoms with Crippen molar-refractivity contribution in [2.24, 2.45) is 0 Å². The first-order valence-corrected chi connectivity index (χ1v) is 6.33. The number of rotatable bonds is 4. The highest BCUT2D eigenvalue weighted by Crippen LogP contribution is 2.12. The number of benzene rings is 1. The van der Waals surface area contributed by atoms with Gasteiger partial charge in [0.25, 0.3) is 0 Å². The first-order chi connectivity index (χ1) is 9.15. The van der Waals surface area contributed by atoms with Crippen molar-refractivity contribution in [2.75, 3.05) is 19.7 Å². The molecule has 4 nitrogen and oxygen atoms in total. The molecule has 0 aromatic heterocycles. The second-order valence-corrected chi connectivity index (χ2v) is 4.47. The number of ketones is 1. The number of hydrogen-bond donors (Lipinski definition) is 0. The van der Waals surface area contributed by atoms with Crippen LogP contribution in [0.3, 0.4) is 0 Å². The Kier molecular flexibility index (Phi) is 4.49. The van der Waals surface area contributed by atoms with Crippen LogP contribution >= 0.6 is 0 Å². The van der Waals surface area contributed by atoms with Gasteiger partial charge in [-0.15, -0.1) is 0 Å². The van der Waals surface area contributed by atoms with Gasteiger partial charge in [0, 0.05) is 25.9 Å². The number of ether oxygens (including phenoxy) is 1. The van der Waals surface area contributed by atoms with Crippen LogP contribution in [0.5, 0.6) is 5.75 Å². The van der Waals surface area contributed by atoms with Crippen LogP contribution in [0.25, 0.3) is 0 Å². The number of piperidine rings is 1. The molecule has 0 N–H and O–H groups in total. The normalized spacial score (nSPS) is 15.4. The minimum absolute atomic E-state index is 0.00499. The first-order valence-electron chi connectivity index (χ1n) is 6.33. The van der Waals surface area contributed by atoms with Gasteiger partial charge in [0.05, 0.1) is 13.0 Å². The van der Waals surface area contributed by atoms with Crippen molar-refractivity contribution >= 4 is 11.7 Å². The second-order valence-electron chi connectivity index (χ2n) is 4.47. The van der Waals surface area contributed by atoms with Gasteiger partial charge < -0.3 is 9.64 Å². The molecule has 0 aliphatic carbocycles. The van der Waals surface area contributed by atoms with Crippen molar-refractivity contribution in [3.05, 3.63) is 30.1 Å². The van der Waals surface area contributed by atoms with Crippen LogP contribution in [-0.2, 0) is 9.59 Å². The number of likely N-dealkylation sites (tertiary alicyclic amines) is 1. The Morgan fingerprint density at radius 2 is 1.84 bits per heavy atom. The topological polar surface area (TPSA) is 46.6 Å². The third-order valence-corrected chi connectivity index (χ3v) is 3.07. The molecule has 0 saturated carbocycles. The highest BCUT2D eigenvalue weighted by molar-refractivity contribution is 5.83. The van der Waals surface area contributed by atoms with Crippen LogP contribution in [0.2, 0.25) is 0 Å². The number of Topliss-reactive ketones (excluding diaryl/α,β-unsaturated/α-hetero) is 1. The van der Waals surface area contributed by atoms with Gasteiger partial charge in [-0.05, 0) is 24.3 Å². The minimum atomic E-state index is -0.318. The van der Waals surface area contributed by atoms with Gasteiger partial charge in [0.1, 0.15) is 17.3 Å². The summed E-state index contributed by atoms with van der Waals surface area (Å²) in [4.78, 5) is 24.6. The zero-order chi connectivity index (χ0) is 13.7. The van der Waals surface area contributed by atoms with Crippen molar-refractivity contribution in [2.45, 2.75) is 19.3 Å². The van der Waals surface area contributed by atoms with E-state index in [1.54, 1.807) is 4.90 Å². The summed E-state index contributed by atoms with van der Waals surface area (Å²) in [5.74, 6) is 0.436. The SMILES string of the molecule is O=C1CCN(C(=O)CCOc2ccc(F)cc2)CC1. The van der Waals surface area contributed by atoms with E-state index in [-0.39, 0.29) is 30.5 Å². The Morgan fingerprint density at radius 1 is 1.21 bits per heavy atom. The van der Waals surface area contributed by atoms with Crippen LogP contribution in [0.15, 0.2) is 24.3 Å². The molecule has 0 spiro atoms. The maximum absolute atomic E-state index is 12.7. The molecule has 1 amide bonds. The predicted molar refractivity (Wildman–Crippen MR) is 67.3 cm³/mol. The number of carbonyl (C=O) groups excluding carboxylic acids is 2. The largest absolute Gasteiger partial charge is 0.493 e. The first kappa shape index (κ1) is 13.5. The van der Waals surface area contributed by atoms with E-state index in [0.29, 0.717) is 31.7 Å². The summed E-state index contributed by atoms with van der Waals surface area (Å²) in [6.45, 7) is 1.28. The van der Waals surface area contributed by atoms with Gasteiger partial charge in [-0.25, -0.2) is 4.39 Å². The van der Waals surface area contributed by atoms with Crippen molar-refractivity contribution in [3.63, 3.8) is 0 Å². The molecule has 0 radical (unpaired) electrons. The van der Waals surface area contributed by atoms with Gasteiger partial charge in [-0.1, -0.05) is 0 Å². The Balaban J connectivity index is 1.72. The van der Waals surface area contributed by atoms with Gasteiger partial charge in [0.2, 0.25) is 5.91 Å². The highest BCUT2D eigenvalue weighted by atomic mass is 19.1. The maximum atomic E-state index is 12.7. The van der Waals surface area contributed by atoms with Gasteiger partial charge in [-0.2, -0.15) is 0 Å². The van der Waals surface area contributed by atoms with Crippen molar-refractivity contribution in [1.29, 1.82) is 0 Å². The fourth-order valence-electron chi connectivity index (χ4n) is 1.95. The Bertz CT molecular complexity index is 448. The number of amides is 1. The molecule has 5 heteroatoms. The summed E-state index contributed by atoms with van der Waals surface area (Å²) < 4.78 is 18.0. The fourth-order valence-corrected chi connectivity index (χ4v) is 1.95. The van der Waals surface area contributed by atoms with Gasteiger partial charge in [-0.3, -0.25) is 9.59 Å². The summed E-state index contributed by atoms with van der Waals surface area (Å²) in [5, 5.41) is 0. The molecule has 1 aliphatic rings. The van der Waals surface area contributed by atoms with E-state index in [1.807, 2.05) is 0 Å². The summed E-state index contributed by atoms with van der Waals surface area (Å²) in [6.07, 6.45) is 1.17. The highest BCUT2D eigenvalue weighted by Gasteiger charge is 2.20. The zero-order valence-electron chi connectivity index (χ0n) is 10.6. The fraction of sp³-hybridized carbons (Fsp3) is 0.429. The van der Waals surface area contributed by atoms with E-state index in [0.717, 1.165) is 0 Å². The zero-order valence-corrected chi connectivity index (χ0v) is 10.6. The molecule has 0 bridgehead atoms. The molecule has 2 rings (SSSR count). The van der Waals surface area contributed by atoms with Gasteiger partial charge >= 0.3 is 0 Å². The number of carbonyl (C=O) groups is 2. The summed E-state index contributed by atoms with van der Waals surface area (Å²) in [5.41, 5.74) is 0. The van der Waals surface area contributed by atoms with Crippen LogP contribution in [0, 0.1) is 5.82 Å². The van der Waals surface area contributed by atoms with Gasteiger partial charge in [0.15, 0.2) is 0 Å². The molecule has 19 heavy (non-hydrogen) atoms. The molecule has 1 aliphatic heterocycles. The van der Waals surface area contributed by atoms with Crippen LogP contribution in [0.1, 0.15) is 19.3 Å². The quantitative estimate of drug-likeness (QED) is 0.833. The number of hydrogen-bond acceptors (Lipinski definition) is 3. The van der Waals surface area contributed by atoms with E-state index in [9.17, 15) is 14.0 Å². The van der Waals surface area contributed by atoms with Crippen molar-refractivity contribution in [1.82, 2.24) is 4.90 Å². The average Bonchev–Trinajstić information content (AvgIpc) is 2.41. The van der Waals surface area contributed by atoms with E-state index >= 15 is 0 Å². The van der Waals surface area contributed by atoms with Crippen LogP contribution < -0.4 is 4.74 Å². The molecule has 0 unspecified atom stereocenters. The second kappa shape index (κ2) is 6.31. The van der Waals surface area contributed by atoms with E-state index in [4.69, 9.17) is 4.74 Å². The third-order valence-electron chi connectivity index (χ3n) is 3.07. The maximum Gasteiger partial charge on any atom is 0.226 e. The van der Waals surface area contributed by atoms with Crippen LogP contribution in [-0.4, -0.2) is 36.3 Å². The average molecular weight is 265 g/mol. The Morgan fingerprint density at radius 3 is 2.47 bits per heavy atom. The smallest absolute Gasteiger partial charge is 0.226 e. The molecule has 1 heterocycles.